The highest BCUT2D eigenvalue weighted by Gasteiger charge is 2.10. The molecule has 0 bridgehead atoms. The Morgan fingerprint density at radius 1 is 1.17 bits per heavy atom. The van der Waals surface area contributed by atoms with E-state index in [0.717, 1.165) is 49.5 Å². The van der Waals surface area contributed by atoms with Gasteiger partial charge in [0.1, 0.15) is 17.7 Å². The number of pyridine rings is 1. The number of phenols is 1. The number of oxazole rings is 1. The molecule has 1 aliphatic heterocycles. The molecule has 0 unspecified atom stereocenters. The van der Waals surface area contributed by atoms with Gasteiger partial charge in [-0.3, -0.25) is 14.7 Å². The topological polar surface area (TPSA) is 118 Å². The first-order valence-corrected chi connectivity index (χ1v) is 9.40. The third-order valence-electron chi connectivity index (χ3n) is 4.50. The minimum absolute atomic E-state index is 0.0280. The van der Waals surface area contributed by atoms with E-state index in [1.165, 1.54) is 13.2 Å². The second kappa shape index (κ2) is 9.81. The van der Waals surface area contributed by atoms with Crippen molar-refractivity contribution in [2.24, 2.45) is 0 Å². The van der Waals surface area contributed by atoms with E-state index in [2.05, 4.69) is 36.7 Å². The van der Waals surface area contributed by atoms with Gasteiger partial charge in [-0.25, -0.2) is 0 Å². The zero-order chi connectivity index (χ0) is 20.6. The molecule has 152 valence electrons. The van der Waals surface area contributed by atoms with Crippen LogP contribution in [0.3, 0.4) is 0 Å². The fourth-order valence-corrected chi connectivity index (χ4v) is 2.89. The van der Waals surface area contributed by atoms with Crippen molar-refractivity contribution in [3.63, 3.8) is 0 Å². The molecule has 1 saturated heterocycles. The number of benzene rings is 1. The zero-order valence-electron chi connectivity index (χ0n) is 16.3. The molecule has 8 nitrogen and oxygen atoms in total. The fourth-order valence-electron chi connectivity index (χ4n) is 2.89. The van der Waals surface area contributed by atoms with Crippen LogP contribution in [-0.4, -0.2) is 51.9 Å². The van der Waals surface area contributed by atoms with Gasteiger partial charge < -0.3 is 20.6 Å². The van der Waals surface area contributed by atoms with Crippen molar-refractivity contribution in [2.45, 2.75) is 13.5 Å². The molecule has 29 heavy (non-hydrogen) atoms. The molecular weight excluding hydrogens is 370 g/mol. The maximum Gasteiger partial charge on any atom is 0.292 e. The molecule has 3 heterocycles. The summed E-state index contributed by atoms with van der Waals surface area (Å²) >= 11 is 0. The summed E-state index contributed by atoms with van der Waals surface area (Å²) < 4.78 is 4.57. The van der Waals surface area contributed by atoms with Crippen LogP contribution < -0.4 is 11.1 Å². The van der Waals surface area contributed by atoms with Gasteiger partial charge in [-0.05, 0) is 23.8 Å². The summed E-state index contributed by atoms with van der Waals surface area (Å²) in [6, 6.07) is 11.4. The molecule has 0 saturated carbocycles. The van der Waals surface area contributed by atoms with Gasteiger partial charge in [0, 0.05) is 51.4 Å². The van der Waals surface area contributed by atoms with E-state index in [0.29, 0.717) is 0 Å². The average Bonchev–Trinajstić information content (AvgIpc) is 3.17. The first-order chi connectivity index (χ1) is 14.0. The SMILES string of the molecule is CC(=O)c1coc(N)n1.Oc1ccc(-c2ccc(CN3CCNCC3)nc2)cc1. The molecule has 1 aliphatic rings. The van der Waals surface area contributed by atoms with Crippen LogP contribution in [0.2, 0.25) is 0 Å². The molecule has 2 aromatic heterocycles. The summed E-state index contributed by atoms with van der Waals surface area (Å²) in [6.45, 7) is 6.61. The molecular formula is C21H25N5O3. The summed E-state index contributed by atoms with van der Waals surface area (Å²) in [4.78, 5) is 21.0. The summed E-state index contributed by atoms with van der Waals surface area (Å²) in [5.74, 6) is 0.146. The summed E-state index contributed by atoms with van der Waals surface area (Å²) in [7, 11) is 0. The molecule has 1 aromatic carbocycles. The van der Waals surface area contributed by atoms with Crippen molar-refractivity contribution in [1.82, 2.24) is 20.2 Å². The molecule has 4 N–H and O–H groups in total. The smallest absolute Gasteiger partial charge is 0.292 e. The van der Waals surface area contributed by atoms with Crippen LogP contribution >= 0.6 is 0 Å². The standard InChI is InChI=1S/C16H19N3O.C5H6N2O2/c20-16-5-2-13(3-6-16)14-1-4-15(18-11-14)12-19-9-7-17-8-10-19;1-3(8)4-2-9-5(6)7-4/h1-6,11,17,20H,7-10,12H2;2H,1H3,(H2,6,7). The third-order valence-corrected chi connectivity index (χ3v) is 4.50. The number of aromatic hydroxyl groups is 1. The highest BCUT2D eigenvalue weighted by molar-refractivity contribution is 5.91. The van der Waals surface area contributed by atoms with Crippen molar-refractivity contribution in [3.8, 4) is 16.9 Å². The number of hydrogen-bond acceptors (Lipinski definition) is 8. The zero-order valence-corrected chi connectivity index (χ0v) is 16.3. The lowest BCUT2D eigenvalue weighted by molar-refractivity contribution is 0.101. The number of piperazine rings is 1. The summed E-state index contributed by atoms with van der Waals surface area (Å²) in [5, 5.41) is 12.7. The minimum atomic E-state index is -0.143. The largest absolute Gasteiger partial charge is 0.508 e. The predicted octanol–water partition coefficient (Wildman–Crippen LogP) is 2.32. The van der Waals surface area contributed by atoms with Crippen LogP contribution in [0.1, 0.15) is 23.1 Å². The molecule has 0 radical (unpaired) electrons. The highest BCUT2D eigenvalue weighted by Crippen LogP contribution is 2.21. The van der Waals surface area contributed by atoms with Crippen LogP contribution in [-0.2, 0) is 6.54 Å². The molecule has 0 amide bonds. The van der Waals surface area contributed by atoms with E-state index in [1.807, 2.05) is 18.3 Å². The maximum atomic E-state index is 10.5. The lowest BCUT2D eigenvalue weighted by atomic mass is 10.1. The maximum absolute atomic E-state index is 10.5. The lowest BCUT2D eigenvalue weighted by Gasteiger charge is -2.26. The van der Waals surface area contributed by atoms with Crippen LogP contribution in [0.4, 0.5) is 6.01 Å². The molecule has 0 spiro atoms. The number of ketones is 1. The second-order valence-corrected chi connectivity index (χ2v) is 6.74. The van der Waals surface area contributed by atoms with E-state index in [9.17, 15) is 9.90 Å². The number of anilines is 1. The van der Waals surface area contributed by atoms with Crippen LogP contribution in [0.5, 0.6) is 5.75 Å². The van der Waals surface area contributed by atoms with E-state index >= 15 is 0 Å². The number of phenolic OH excluding ortho intramolecular Hbond substituents is 1. The minimum Gasteiger partial charge on any atom is -0.508 e. The van der Waals surface area contributed by atoms with Gasteiger partial charge in [-0.2, -0.15) is 4.98 Å². The van der Waals surface area contributed by atoms with Crippen molar-refractivity contribution in [1.29, 1.82) is 0 Å². The van der Waals surface area contributed by atoms with Crippen molar-refractivity contribution in [2.75, 3.05) is 31.9 Å². The normalized spacial score (nSPS) is 14.1. The molecule has 8 heteroatoms. The van der Waals surface area contributed by atoms with Gasteiger partial charge in [-0.1, -0.05) is 18.2 Å². The van der Waals surface area contributed by atoms with Crippen molar-refractivity contribution >= 4 is 11.8 Å². The first-order valence-electron chi connectivity index (χ1n) is 9.40. The van der Waals surface area contributed by atoms with Crippen LogP contribution in [0.25, 0.3) is 11.1 Å². The molecule has 1 fully saturated rings. The number of carbonyl (C=O) groups is 1. The molecule has 0 atom stereocenters. The predicted molar refractivity (Wildman–Crippen MR) is 110 cm³/mol. The van der Waals surface area contributed by atoms with Gasteiger partial charge in [0.05, 0.1) is 5.69 Å². The molecule has 0 aliphatic carbocycles. The van der Waals surface area contributed by atoms with Crippen LogP contribution in [0, 0.1) is 0 Å². The number of nitrogen functional groups attached to an aromatic ring is 1. The Labute approximate surface area is 169 Å². The Balaban J connectivity index is 0.000000224. The van der Waals surface area contributed by atoms with Gasteiger partial charge in [0.25, 0.3) is 6.01 Å². The van der Waals surface area contributed by atoms with Crippen molar-refractivity contribution in [3.05, 3.63) is 60.2 Å². The summed E-state index contributed by atoms with van der Waals surface area (Å²) in [6.07, 6.45) is 3.14. The van der Waals surface area contributed by atoms with Gasteiger partial charge in [0.2, 0.25) is 0 Å². The second-order valence-electron chi connectivity index (χ2n) is 6.74. The van der Waals surface area contributed by atoms with E-state index in [-0.39, 0.29) is 23.2 Å². The lowest BCUT2D eigenvalue weighted by Crippen LogP contribution is -2.43. The Bertz CT molecular complexity index is 916. The molecule has 4 rings (SSSR count). The number of rotatable bonds is 4. The summed E-state index contributed by atoms with van der Waals surface area (Å²) in [5.41, 5.74) is 8.61. The van der Waals surface area contributed by atoms with E-state index in [1.54, 1.807) is 12.1 Å². The van der Waals surface area contributed by atoms with Crippen LogP contribution in [0.15, 0.2) is 53.3 Å². The Morgan fingerprint density at radius 2 is 1.86 bits per heavy atom. The number of hydrogen-bond donors (Lipinski definition) is 3. The number of nitrogens with zero attached hydrogens (tertiary/aromatic N) is 3. The van der Waals surface area contributed by atoms with Crippen molar-refractivity contribution < 1.29 is 14.3 Å². The number of carbonyl (C=O) groups excluding carboxylic acids is 1. The number of nitrogens with one attached hydrogen (secondary N) is 1. The Hall–Kier alpha value is -3.23. The van der Waals surface area contributed by atoms with E-state index in [4.69, 9.17) is 5.73 Å². The fraction of sp³-hybridized carbons (Fsp3) is 0.286. The van der Waals surface area contributed by atoms with E-state index < -0.39 is 0 Å². The number of aromatic nitrogens is 2. The van der Waals surface area contributed by atoms with Gasteiger partial charge in [-0.15, -0.1) is 0 Å². The average molecular weight is 395 g/mol. The van der Waals surface area contributed by atoms with Gasteiger partial charge in [0.15, 0.2) is 5.78 Å². The Morgan fingerprint density at radius 3 is 2.38 bits per heavy atom. The monoisotopic (exact) mass is 395 g/mol. The van der Waals surface area contributed by atoms with Gasteiger partial charge >= 0.3 is 0 Å². The molecule has 3 aromatic rings. The quantitative estimate of drug-likeness (QED) is 0.576. The highest BCUT2D eigenvalue weighted by atomic mass is 16.4. The number of Topliss-reactive ketones (excluding diaryl/α,β-unsaturated/α-hetero) is 1. The Kier molecular flexibility index (Phi) is 6.94. The number of nitrogens with two attached hydrogens (primary N) is 1. The third kappa shape index (κ3) is 6.13. The first kappa shape index (κ1) is 20.5.